The smallest absolute Gasteiger partial charge is 0.197 e. The second-order valence-corrected chi connectivity index (χ2v) is 6.94. The third-order valence-corrected chi connectivity index (χ3v) is 4.83. The largest absolute Gasteiger partial charge is 0.282 e. The highest BCUT2D eigenvalue weighted by molar-refractivity contribution is 7.86. The minimum Gasteiger partial charge on any atom is -0.197 e. The molecule has 0 N–H and O–H groups in total. The number of benzene rings is 1. The van der Waals surface area contributed by atoms with Gasteiger partial charge in [0.05, 0.1) is 6.07 Å². The van der Waals surface area contributed by atoms with E-state index >= 15 is 0 Å². The molecule has 0 saturated heterocycles. The number of hydrogen-bond acceptors (Lipinski definition) is 3. The second-order valence-electron chi connectivity index (χ2n) is 3.95. The molecule has 19 heavy (non-hydrogen) atoms. The second kappa shape index (κ2) is 6.55. The van der Waals surface area contributed by atoms with E-state index in [9.17, 15) is 8.42 Å². The van der Waals surface area contributed by atoms with E-state index in [1.54, 1.807) is 18.2 Å². The summed E-state index contributed by atoms with van der Waals surface area (Å²) in [4.78, 5) is 0. The Morgan fingerprint density at radius 2 is 1.95 bits per heavy atom. The van der Waals surface area contributed by atoms with E-state index in [4.69, 9.17) is 28.5 Å². The molecule has 1 aromatic rings. The van der Waals surface area contributed by atoms with Gasteiger partial charge in [-0.2, -0.15) is 22.3 Å². The van der Waals surface area contributed by atoms with Gasteiger partial charge in [-0.1, -0.05) is 23.2 Å². The molecular formula is C11H13Cl2N3O2S. The average Bonchev–Trinajstić information content (AvgIpc) is 2.32. The Kier molecular flexibility index (Phi) is 5.59. The standard InChI is InChI=1S/C11H13Cl2N3O2S/c1-15(2)19(17,18)16(6-5-14)8-9-7-10(12)3-4-11(9)13/h3-4,7H,6,8H2,1-2H3. The maximum atomic E-state index is 12.0. The van der Waals surface area contributed by atoms with Crippen LogP contribution in [0.4, 0.5) is 0 Å². The van der Waals surface area contributed by atoms with E-state index in [-0.39, 0.29) is 13.1 Å². The molecule has 1 aromatic carbocycles. The summed E-state index contributed by atoms with van der Waals surface area (Å²) in [6, 6.07) is 6.61. The topological polar surface area (TPSA) is 64.4 Å². The molecule has 0 fully saturated rings. The lowest BCUT2D eigenvalue weighted by atomic mass is 10.2. The first-order valence-electron chi connectivity index (χ1n) is 5.27. The number of nitrogens with zero attached hydrogens (tertiary/aromatic N) is 3. The third-order valence-electron chi connectivity index (χ3n) is 2.39. The molecule has 0 aliphatic rings. The molecule has 5 nitrogen and oxygen atoms in total. The molecule has 0 aliphatic heterocycles. The highest BCUT2D eigenvalue weighted by atomic mass is 35.5. The molecule has 0 saturated carbocycles. The molecular weight excluding hydrogens is 309 g/mol. The fourth-order valence-corrected chi connectivity index (χ4v) is 2.74. The molecule has 0 heterocycles. The lowest BCUT2D eigenvalue weighted by molar-refractivity contribution is 0.396. The van der Waals surface area contributed by atoms with Gasteiger partial charge in [0.15, 0.2) is 0 Å². The van der Waals surface area contributed by atoms with E-state index in [0.29, 0.717) is 15.6 Å². The van der Waals surface area contributed by atoms with Gasteiger partial charge in [-0.3, -0.25) is 0 Å². The molecule has 8 heteroatoms. The fourth-order valence-electron chi connectivity index (χ4n) is 1.38. The van der Waals surface area contributed by atoms with Crippen LogP contribution in [0.5, 0.6) is 0 Å². The Morgan fingerprint density at radius 1 is 1.32 bits per heavy atom. The fraction of sp³-hybridized carbons (Fsp3) is 0.364. The van der Waals surface area contributed by atoms with Crippen molar-refractivity contribution in [3.8, 4) is 6.07 Å². The van der Waals surface area contributed by atoms with Crippen molar-refractivity contribution < 1.29 is 8.42 Å². The van der Waals surface area contributed by atoms with Crippen LogP contribution in [0, 0.1) is 11.3 Å². The van der Waals surface area contributed by atoms with Crippen LogP contribution in [-0.2, 0) is 16.8 Å². The Balaban J connectivity index is 3.10. The molecule has 1 rings (SSSR count). The first-order valence-corrected chi connectivity index (χ1v) is 7.42. The van der Waals surface area contributed by atoms with E-state index in [2.05, 4.69) is 0 Å². The summed E-state index contributed by atoms with van der Waals surface area (Å²) in [5.41, 5.74) is 0.551. The monoisotopic (exact) mass is 321 g/mol. The van der Waals surface area contributed by atoms with Gasteiger partial charge in [-0.15, -0.1) is 0 Å². The molecule has 0 bridgehead atoms. The van der Waals surface area contributed by atoms with E-state index in [1.165, 1.54) is 14.1 Å². The zero-order chi connectivity index (χ0) is 14.6. The molecule has 0 amide bonds. The summed E-state index contributed by atoms with van der Waals surface area (Å²) < 4.78 is 26.2. The maximum Gasteiger partial charge on any atom is 0.282 e. The van der Waals surface area contributed by atoms with Gasteiger partial charge < -0.3 is 0 Å². The van der Waals surface area contributed by atoms with Gasteiger partial charge in [0.2, 0.25) is 0 Å². The summed E-state index contributed by atoms with van der Waals surface area (Å²) in [6.07, 6.45) is 0. The number of hydrogen-bond donors (Lipinski definition) is 0. The van der Waals surface area contributed by atoms with Crippen molar-refractivity contribution in [1.82, 2.24) is 8.61 Å². The number of nitriles is 1. The Labute approximate surface area is 123 Å². The van der Waals surface area contributed by atoms with Gasteiger partial charge in [-0.25, -0.2) is 0 Å². The average molecular weight is 322 g/mol. The molecule has 0 aliphatic carbocycles. The molecule has 0 unspecified atom stereocenters. The van der Waals surface area contributed by atoms with Crippen LogP contribution in [0.3, 0.4) is 0 Å². The molecule has 0 radical (unpaired) electrons. The lowest BCUT2D eigenvalue weighted by Crippen LogP contribution is -2.39. The van der Waals surface area contributed by atoms with Crippen LogP contribution >= 0.6 is 23.2 Å². The molecule has 104 valence electrons. The van der Waals surface area contributed by atoms with Crippen LogP contribution < -0.4 is 0 Å². The van der Waals surface area contributed by atoms with E-state index in [1.807, 2.05) is 6.07 Å². The van der Waals surface area contributed by atoms with Crippen molar-refractivity contribution in [3.05, 3.63) is 33.8 Å². The van der Waals surface area contributed by atoms with Gasteiger partial charge in [0.1, 0.15) is 6.54 Å². The number of rotatable bonds is 5. The van der Waals surface area contributed by atoms with E-state index in [0.717, 1.165) is 8.61 Å². The highest BCUT2D eigenvalue weighted by Crippen LogP contribution is 2.23. The van der Waals surface area contributed by atoms with Crippen molar-refractivity contribution in [1.29, 1.82) is 5.26 Å². The summed E-state index contributed by atoms with van der Waals surface area (Å²) in [5.74, 6) is 0. The molecule has 0 atom stereocenters. The summed E-state index contributed by atoms with van der Waals surface area (Å²) in [6.45, 7) is -0.267. The van der Waals surface area contributed by atoms with Gasteiger partial charge in [0, 0.05) is 30.7 Å². The van der Waals surface area contributed by atoms with Crippen LogP contribution in [-0.4, -0.2) is 37.7 Å². The lowest BCUT2D eigenvalue weighted by Gasteiger charge is -2.23. The van der Waals surface area contributed by atoms with Crippen LogP contribution in [0.15, 0.2) is 18.2 Å². The minimum absolute atomic E-state index is 0.00648. The van der Waals surface area contributed by atoms with Gasteiger partial charge in [-0.05, 0) is 23.8 Å². The predicted octanol–water partition coefficient (Wildman–Crippen LogP) is 2.13. The quantitative estimate of drug-likeness (QED) is 0.780. The minimum atomic E-state index is -3.69. The highest BCUT2D eigenvalue weighted by Gasteiger charge is 2.25. The number of halogens is 2. The summed E-state index contributed by atoms with van der Waals surface area (Å²) in [5, 5.41) is 9.61. The Hall–Kier alpha value is -0.840. The van der Waals surface area contributed by atoms with Gasteiger partial charge >= 0.3 is 0 Å². The zero-order valence-electron chi connectivity index (χ0n) is 10.5. The van der Waals surface area contributed by atoms with Crippen molar-refractivity contribution >= 4 is 33.4 Å². The SMILES string of the molecule is CN(C)S(=O)(=O)N(CC#N)Cc1cc(Cl)ccc1Cl. The normalized spacial score (nSPS) is 11.8. The summed E-state index contributed by atoms with van der Waals surface area (Å²) in [7, 11) is -0.882. The van der Waals surface area contributed by atoms with Gasteiger partial charge in [0.25, 0.3) is 10.2 Å². The Morgan fingerprint density at radius 3 is 2.47 bits per heavy atom. The van der Waals surface area contributed by atoms with Crippen LogP contribution in [0.25, 0.3) is 0 Å². The van der Waals surface area contributed by atoms with Crippen molar-refractivity contribution in [2.45, 2.75) is 6.54 Å². The first kappa shape index (κ1) is 16.2. The van der Waals surface area contributed by atoms with Crippen LogP contribution in [0.2, 0.25) is 10.0 Å². The van der Waals surface area contributed by atoms with Crippen LogP contribution in [0.1, 0.15) is 5.56 Å². The maximum absolute atomic E-state index is 12.0. The Bertz CT molecular complexity index is 596. The van der Waals surface area contributed by atoms with Crippen molar-refractivity contribution in [2.75, 3.05) is 20.6 Å². The van der Waals surface area contributed by atoms with Crippen molar-refractivity contribution in [2.24, 2.45) is 0 Å². The zero-order valence-corrected chi connectivity index (χ0v) is 12.8. The first-order chi connectivity index (χ1) is 8.78. The van der Waals surface area contributed by atoms with Crippen molar-refractivity contribution in [3.63, 3.8) is 0 Å². The van der Waals surface area contributed by atoms with E-state index < -0.39 is 10.2 Å². The molecule has 0 spiro atoms. The third kappa shape index (κ3) is 4.06. The predicted molar refractivity (Wildman–Crippen MR) is 75.1 cm³/mol. The summed E-state index contributed by atoms with van der Waals surface area (Å²) >= 11 is 11.8. The molecule has 0 aromatic heterocycles.